The maximum absolute atomic E-state index is 3.41. The van der Waals surface area contributed by atoms with Gasteiger partial charge in [-0.15, -0.1) is 0 Å². The highest BCUT2D eigenvalue weighted by Gasteiger charge is 2.08. The van der Waals surface area contributed by atoms with Crippen molar-refractivity contribution in [1.82, 2.24) is 0 Å². The van der Waals surface area contributed by atoms with E-state index in [2.05, 4.69) is 39.0 Å². The van der Waals surface area contributed by atoms with Crippen LogP contribution in [0.1, 0.15) is 95.2 Å². The van der Waals surface area contributed by atoms with Gasteiger partial charge in [0.25, 0.3) is 0 Å². The van der Waals surface area contributed by atoms with Crippen molar-refractivity contribution in [3.05, 3.63) is 34.9 Å². The summed E-state index contributed by atoms with van der Waals surface area (Å²) in [6.07, 6.45) is 15.8. The lowest BCUT2D eigenvalue weighted by molar-refractivity contribution is 0.677. The molecule has 0 spiro atoms. The van der Waals surface area contributed by atoms with Gasteiger partial charge >= 0.3 is 0 Å². The lowest BCUT2D eigenvalue weighted by Gasteiger charge is -2.15. The molecule has 0 bridgehead atoms. The molecule has 21 heavy (non-hydrogen) atoms. The second kappa shape index (κ2) is 11.8. The van der Waals surface area contributed by atoms with Gasteiger partial charge in [-0.25, -0.2) is 0 Å². The van der Waals surface area contributed by atoms with Crippen LogP contribution >= 0.6 is 0 Å². The number of hydrogen-bond acceptors (Lipinski definition) is 0. The van der Waals surface area contributed by atoms with Crippen molar-refractivity contribution < 1.29 is 0 Å². The fraction of sp³-hybridized carbons (Fsp3) is 0.714. The van der Waals surface area contributed by atoms with Gasteiger partial charge in [0, 0.05) is 0 Å². The Hall–Kier alpha value is -0.780. The van der Waals surface area contributed by atoms with Crippen LogP contribution in [0, 0.1) is 6.07 Å². The second-order valence-electron chi connectivity index (χ2n) is 6.36. The minimum Gasteiger partial charge on any atom is -0.0654 e. The van der Waals surface area contributed by atoms with Crippen LogP contribution in [0.3, 0.4) is 0 Å². The summed E-state index contributed by atoms with van der Waals surface area (Å²) in [5.74, 6) is 0. The maximum Gasteiger partial charge on any atom is -0.0178 e. The molecule has 1 radical (unpaired) electrons. The highest BCUT2D eigenvalue weighted by molar-refractivity contribution is 5.35. The lowest BCUT2D eigenvalue weighted by atomic mass is 9.90. The van der Waals surface area contributed by atoms with Crippen LogP contribution in [-0.4, -0.2) is 0 Å². The molecular weight excluding hydrogens is 252 g/mol. The lowest BCUT2D eigenvalue weighted by Crippen LogP contribution is -2.02. The molecule has 0 heterocycles. The molecule has 0 fully saturated rings. The van der Waals surface area contributed by atoms with E-state index in [1.54, 1.807) is 16.7 Å². The molecule has 1 aromatic rings. The average Bonchev–Trinajstić information content (AvgIpc) is 2.50. The van der Waals surface area contributed by atoms with Gasteiger partial charge in [0.15, 0.2) is 0 Å². The minimum atomic E-state index is 1.26. The van der Waals surface area contributed by atoms with Crippen LogP contribution in [0.5, 0.6) is 0 Å². The molecule has 0 heteroatoms. The SMILES string of the molecule is CCCCCc1c[c]cc(CCCCC)c1CCCCC. The van der Waals surface area contributed by atoms with E-state index in [-0.39, 0.29) is 0 Å². The van der Waals surface area contributed by atoms with Gasteiger partial charge in [-0.1, -0.05) is 71.4 Å². The van der Waals surface area contributed by atoms with Crippen LogP contribution in [0.15, 0.2) is 12.1 Å². The maximum atomic E-state index is 3.41. The smallest absolute Gasteiger partial charge is 0.0178 e. The number of hydrogen-bond donors (Lipinski definition) is 0. The summed E-state index contributed by atoms with van der Waals surface area (Å²) in [5, 5.41) is 0. The van der Waals surface area contributed by atoms with Crippen LogP contribution in [-0.2, 0) is 19.3 Å². The standard InChI is InChI=1S/C21H35/c1-4-7-10-14-19-16-13-17-20(15-11-8-5-2)21(19)18-12-9-6-3/h16-17H,4-12,14-15,18H2,1-3H3. The van der Waals surface area contributed by atoms with Gasteiger partial charge in [0.05, 0.1) is 0 Å². The second-order valence-corrected chi connectivity index (χ2v) is 6.36. The first-order chi connectivity index (χ1) is 10.3. The first kappa shape index (κ1) is 18.3. The molecule has 0 amide bonds. The predicted octanol–water partition coefficient (Wildman–Crippen LogP) is 6.68. The summed E-state index contributed by atoms with van der Waals surface area (Å²) in [4.78, 5) is 0. The molecule has 0 aromatic heterocycles. The zero-order chi connectivity index (χ0) is 15.3. The third-order valence-corrected chi connectivity index (χ3v) is 4.42. The number of benzene rings is 1. The molecule has 0 aliphatic rings. The number of unbranched alkanes of at least 4 members (excludes halogenated alkanes) is 6. The van der Waals surface area contributed by atoms with Gasteiger partial charge in [-0.2, -0.15) is 0 Å². The topological polar surface area (TPSA) is 0 Å². The van der Waals surface area contributed by atoms with Gasteiger partial charge in [-0.05, 0) is 61.3 Å². The molecule has 1 rings (SSSR count). The van der Waals surface area contributed by atoms with Crippen LogP contribution in [0.4, 0.5) is 0 Å². The Morgan fingerprint density at radius 3 is 1.48 bits per heavy atom. The van der Waals surface area contributed by atoms with E-state index in [0.717, 1.165) is 0 Å². The van der Waals surface area contributed by atoms with Crippen LogP contribution in [0.2, 0.25) is 0 Å². The Kier molecular flexibility index (Phi) is 10.3. The summed E-state index contributed by atoms with van der Waals surface area (Å²) in [6.45, 7) is 6.87. The highest BCUT2D eigenvalue weighted by atomic mass is 14.1. The van der Waals surface area contributed by atoms with Gasteiger partial charge in [0.1, 0.15) is 0 Å². The summed E-state index contributed by atoms with van der Waals surface area (Å²) < 4.78 is 0. The van der Waals surface area contributed by atoms with E-state index in [9.17, 15) is 0 Å². The van der Waals surface area contributed by atoms with Crippen molar-refractivity contribution in [2.24, 2.45) is 0 Å². The summed E-state index contributed by atoms with van der Waals surface area (Å²) in [5.41, 5.74) is 4.86. The molecule has 0 atom stereocenters. The molecule has 0 saturated heterocycles. The Bertz CT molecular complexity index is 336. The van der Waals surface area contributed by atoms with Crippen LogP contribution in [0.25, 0.3) is 0 Å². The zero-order valence-corrected chi connectivity index (χ0v) is 14.6. The molecule has 119 valence electrons. The van der Waals surface area contributed by atoms with E-state index in [1.165, 1.54) is 77.0 Å². The molecule has 0 aliphatic carbocycles. The molecule has 0 nitrogen and oxygen atoms in total. The summed E-state index contributed by atoms with van der Waals surface area (Å²) >= 11 is 0. The third-order valence-electron chi connectivity index (χ3n) is 4.42. The van der Waals surface area contributed by atoms with Crippen LogP contribution < -0.4 is 0 Å². The highest BCUT2D eigenvalue weighted by Crippen LogP contribution is 2.22. The van der Waals surface area contributed by atoms with E-state index in [4.69, 9.17) is 0 Å². The van der Waals surface area contributed by atoms with Gasteiger partial charge < -0.3 is 0 Å². The largest absolute Gasteiger partial charge is 0.0654 e. The fourth-order valence-corrected chi connectivity index (χ4v) is 3.07. The molecule has 0 saturated carbocycles. The molecule has 0 unspecified atom stereocenters. The Morgan fingerprint density at radius 1 is 0.619 bits per heavy atom. The van der Waals surface area contributed by atoms with E-state index in [1.807, 2.05) is 0 Å². The van der Waals surface area contributed by atoms with Gasteiger partial charge in [-0.3, -0.25) is 0 Å². The Morgan fingerprint density at radius 2 is 1.05 bits per heavy atom. The first-order valence-corrected chi connectivity index (χ1v) is 9.34. The average molecular weight is 288 g/mol. The Labute approximate surface area is 133 Å². The van der Waals surface area contributed by atoms with E-state index < -0.39 is 0 Å². The fourth-order valence-electron chi connectivity index (χ4n) is 3.07. The molecule has 1 aromatic carbocycles. The first-order valence-electron chi connectivity index (χ1n) is 9.34. The summed E-state index contributed by atoms with van der Waals surface area (Å²) in [7, 11) is 0. The van der Waals surface area contributed by atoms with Crippen molar-refractivity contribution >= 4 is 0 Å². The molecule has 0 aliphatic heterocycles. The van der Waals surface area contributed by atoms with E-state index in [0.29, 0.717) is 0 Å². The van der Waals surface area contributed by atoms with Crippen molar-refractivity contribution in [3.63, 3.8) is 0 Å². The predicted molar refractivity (Wildman–Crippen MR) is 95.0 cm³/mol. The van der Waals surface area contributed by atoms with Gasteiger partial charge in [0.2, 0.25) is 0 Å². The summed E-state index contributed by atoms with van der Waals surface area (Å²) in [6, 6.07) is 7.94. The zero-order valence-electron chi connectivity index (χ0n) is 14.6. The van der Waals surface area contributed by atoms with Crippen molar-refractivity contribution in [1.29, 1.82) is 0 Å². The number of rotatable bonds is 12. The van der Waals surface area contributed by atoms with Crippen molar-refractivity contribution in [3.8, 4) is 0 Å². The monoisotopic (exact) mass is 287 g/mol. The quantitative estimate of drug-likeness (QED) is 0.376. The molecule has 0 N–H and O–H groups in total. The number of aryl methyl sites for hydroxylation is 2. The minimum absolute atomic E-state index is 1.26. The van der Waals surface area contributed by atoms with Crippen molar-refractivity contribution in [2.75, 3.05) is 0 Å². The normalized spacial score (nSPS) is 11.0. The third kappa shape index (κ3) is 7.16. The Balaban J connectivity index is 2.75. The van der Waals surface area contributed by atoms with Crippen molar-refractivity contribution in [2.45, 2.75) is 97.8 Å². The van der Waals surface area contributed by atoms with E-state index >= 15 is 0 Å². The molecular formula is C21H35.